The number of sulfonamides is 1. The topological polar surface area (TPSA) is 121 Å². The summed E-state index contributed by atoms with van der Waals surface area (Å²) in [4.78, 5) is 21.7. The van der Waals surface area contributed by atoms with E-state index in [1.54, 1.807) is 6.07 Å². The number of fused-ring (bicyclic) bond motifs is 1. The van der Waals surface area contributed by atoms with Gasteiger partial charge in [0, 0.05) is 12.1 Å². The van der Waals surface area contributed by atoms with Crippen molar-refractivity contribution in [1.29, 1.82) is 5.26 Å². The number of amides is 1. The lowest BCUT2D eigenvalue weighted by Gasteiger charge is -2.14. The van der Waals surface area contributed by atoms with Crippen molar-refractivity contribution in [3.63, 3.8) is 0 Å². The first kappa shape index (κ1) is 15.9. The molecule has 0 radical (unpaired) electrons. The molecule has 0 spiro atoms. The monoisotopic (exact) mass is 341 g/mol. The second-order valence-electron chi connectivity index (χ2n) is 4.46. The van der Waals surface area contributed by atoms with Crippen molar-refractivity contribution in [3.05, 3.63) is 44.5 Å². The van der Waals surface area contributed by atoms with E-state index in [-0.39, 0.29) is 11.6 Å². The molecular weight excluding hydrogens is 334 g/mol. The lowest BCUT2D eigenvalue weighted by atomic mass is 10.1. The third-order valence-electron chi connectivity index (χ3n) is 2.98. The highest BCUT2D eigenvalue weighted by molar-refractivity contribution is 7.90. The van der Waals surface area contributed by atoms with Crippen LogP contribution < -0.4 is 0 Å². The van der Waals surface area contributed by atoms with Crippen LogP contribution in [0.25, 0.3) is 0 Å². The highest BCUT2D eigenvalue weighted by atomic mass is 35.5. The molecule has 0 aromatic heterocycles. The van der Waals surface area contributed by atoms with E-state index in [2.05, 4.69) is 0 Å². The zero-order chi connectivity index (χ0) is 16.7. The van der Waals surface area contributed by atoms with Gasteiger partial charge in [0.2, 0.25) is 0 Å². The molecule has 0 atom stereocenters. The maximum Gasteiger partial charge on any atom is 0.290 e. The number of nitro benzene ring substituents is 1. The summed E-state index contributed by atoms with van der Waals surface area (Å²) >= 11 is 5.83. The van der Waals surface area contributed by atoms with Crippen LogP contribution >= 0.6 is 11.6 Å². The summed E-state index contributed by atoms with van der Waals surface area (Å²) in [6.45, 7) is 1.09. The number of halogens is 1. The van der Waals surface area contributed by atoms with Gasteiger partial charge in [-0.1, -0.05) is 11.6 Å². The summed E-state index contributed by atoms with van der Waals surface area (Å²) in [5.41, 5.74) is -0.816. The van der Waals surface area contributed by atoms with Gasteiger partial charge in [0.25, 0.3) is 21.6 Å². The Bertz CT molecular complexity index is 869. The number of allylic oxidation sites excluding steroid dienone is 1. The Kier molecular flexibility index (Phi) is 3.91. The normalized spacial score (nSPS) is 16.3. The molecule has 10 heteroatoms. The fraction of sp³-hybridized carbons (Fsp3) is 0.167. The van der Waals surface area contributed by atoms with E-state index in [1.165, 1.54) is 6.92 Å². The van der Waals surface area contributed by atoms with Crippen LogP contribution in [0.15, 0.2) is 28.7 Å². The van der Waals surface area contributed by atoms with Gasteiger partial charge in [0.1, 0.15) is 0 Å². The molecule has 0 N–H and O–H groups in total. The number of hydrogen-bond acceptors (Lipinski definition) is 6. The van der Waals surface area contributed by atoms with Gasteiger partial charge in [-0.2, -0.15) is 5.26 Å². The van der Waals surface area contributed by atoms with E-state index in [9.17, 15) is 23.3 Å². The molecule has 1 aromatic carbocycles. The Labute approximate surface area is 130 Å². The lowest BCUT2D eigenvalue weighted by molar-refractivity contribution is -0.387. The minimum Gasteiger partial charge on any atom is -0.268 e. The third-order valence-corrected chi connectivity index (χ3v) is 5.09. The largest absolute Gasteiger partial charge is 0.290 e. The quantitative estimate of drug-likeness (QED) is 0.470. The predicted molar refractivity (Wildman–Crippen MR) is 75.7 cm³/mol. The maximum atomic E-state index is 12.4. The first-order chi connectivity index (χ1) is 10.2. The van der Waals surface area contributed by atoms with Crippen LogP contribution in [0, 0.1) is 21.4 Å². The van der Waals surface area contributed by atoms with Gasteiger partial charge >= 0.3 is 0 Å². The minimum absolute atomic E-state index is 0.182. The molecule has 0 aliphatic carbocycles. The number of carbonyl (C=O) groups excluding carboxylic acids is 1. The summed E-state index contributed by atoms with van der Waals surface area (Å²) in [6.07, 6.45) is 1.09. The Balaban J connectivity index is 2.69. The van der Waals surface area contributed by atoms with Crippen LogP contribution in [-0.4, -0.2) is 30.1 Å². The van der Waals surface area contributed by atoms with Crippen LogP contribution in [0.2, 0.25) is 5.02 Å². The van der Waals surface area contributed by atoms with E-state index in [4.69, 9.17) is 16.9 Å². The molecule has 2 rings (SSSR count). The second-order valence-corrected chi connectivity index (χ2v) is 6.67. The molecule has 0 bridgehead atoms. The van der Waals surface area contributed by atoms with Crippen LogP contribution in [0.1, 0.15) is 17.3 Å². The number of nitro groups is 1. The Hall–Kier alpha value is -2.44. The number of nitrogens with zero attached hydrogens (tertiary/aromatic N) is 3. The zero-order valence-electron chi connectivity index (χ0n) is 11.1. The first-order valence-electron chi connectivity index (χ1n) is 5.81. The number of nitriles is 1. The van der Waals surface area contributed by atoms with Gasteiger partial charge in [-0.05, 0) is 18.6 Å². The number of rotatable bonds is 3. The molecule has 1 amide bonds. The number of carbonyl (C=O) groups is 1. The Morgan fingerprint density at radius 1 is 1.55 bits per heavy atom. The lowest BCUT2D eigenvalue weighted by Crippen LogP contribution is -2.31. The molecule has 0 fully saturated rings. The highest BCUT2D eigenvalue weighted by Crippen LogP contribution is 2.40. The molecule has 1 aromatic rings. The Morgan fingerprint density at radius 2 is 2.18 bits per heavy atom. The highest BCUT2D eigenvalue weighted by Gasteiger charge is 2.47. The van der Waals surface area contributed by atoms with Gasteiger partial charge in [0.15, 0.2) is 4.90 Å². The van der Waals surface area contributed by atoms with Crippen LogP contribution in [0.3, 0.4) is 0 Å². The number of benzene rings is 1. The molecule has 0 saturated heterocycles. The summed E-state index contributed by atoms with van der Waals surface area (Å²) in [5.74, 6) is -0.950. The van der Waals surface area contributed by atoms with Crippen molar-refractivity contribution in [1.82, 2.24) is 4.31 Å². The van der Waals surface area contributed by atoms with Gasteiger partial charge in [-0.15, -0.1) is 0 Å². The van der Waals surface area contributed by atoms with E-state index >= 15 is 0 Å². The fourth-order valence-corrected chi connectivity index (χ4v) is 4.10. The van der Waals surface area contributed by atoms with E-state index in [1.807, 2.05) is 0 Å². The second kappa shape index (κ2) is 5.40. The Morgan fingerprint density at radius 3 is 2.73 bits per heavy atom. The molecule has 114 valence electrons. The van der Waals surface area contributed by atoms with Crippen molar-refractivity contribution in [3.8, 4) is 6.07 Å². The molecule has 1 aliphatic rings. The first-order valence-corrected chi connectivity index (χ1v) is 7.62. The molecule has 0 unspecified atom stereocenters. The van der Waals surface area contributed by atoms with Crippen LogP contribution in [0.4, 0.5) is 5.69 Å². The van der Waals surface area contributed by atoms with Gasteiger partial charge in [-0.25, -0.2) is 12.7 Å². The van der Waals surface area contributed by atoms with Crippen molar-refractivity contribution in [2.45, 2.75) is 11.8 Å². The predicted octanol–water partition coefficient (Wildman–Crippen LogP) is 1.86. The summed E-state index contributed by atoms with van der Waals surface area (Å²) in [6, 6.07) is 3.76. The molecule has 1 aliphatic heterocycles. The van der Waals surface area contributed by atoms with Crippen molar-refractivity contribution in [2.75, 3.05) is 6.54 Å². The number of hydrogen-bond donors (Lipinski definition) is 0. The average Bonchev–Trinajstić information content (AvgIpc) is 2.61. The minimum atomic E-state index is -4.40. The van der Waals surface area contributed by atoms with Crippen LogP contribution in [-0.2, 0) is 10.0 Å². The third kappa shape index (κ3) is 2.32. The van der Waals surface area contributed by atoms with Crippen molar-refractivity contribution >= 4 is 33.2 Å². The smallest absolute Gasteiger partial charge is 0.268 e. The molecule has 0 saturated carbocycles. The SMILES string of the molecule is CC(=CC#N)CN1C(=O)c2c(Cl)ccc([N+](=O)[O-])c2S1(=O)=O. The molecule has 1 heterocycles. The van der Waals surface area contributed by atoms with Gasteiger partial charge in [-0.3, -0.25) is 14.9 Å². The van der Waals surface area contributed by atoms with E-state index in [0.717, 1.165) is 18.2 Å². The van der Waals surface area contributed by atoms with Gasteiger partial charge < -0.3 is 0 Å². The molecule has 22 heavy (non-hydrogen) atoms. The summed E-state index contributed by atoms with van der Waals surface area (Å²) in [7, 11) is -4.40. The molecular formula is C12H8ClN3O5S. The van der Waals surface area contributed by atoms with Crippen LogP contribution in [0.5, 0.6) is 0 Å². The maximum absolute atomic E-state index is 12.4. The standard InChI is InChI=1S/C12H8ClN3O5S/c1-7(4-5-14)6-15-12(17)10-8(13)2-3-9(16(18)19)11(10)22(15,20)21/h2-4H,6H2,1H3. The van der Waals surface area contributed by atoms with Crippen molar-refractivity contribution in [2.24, 2.45) is 0 Å². The fourth-order valence-electron chi connectivity index (χ4n) is 2.03. The molecule has 8 nitrogen and oxygen atoms in total. The zero-order valence-corrected chi connectivity index (χ0v) is 12.7. The van der Waals surface area contributed by atoms with E-state index < -0.39 is 37.0 Å². The average molecular weight is 342 g/mol. The van der Waals surface area contributed by atoms with Crippen molar-refractivity contribution < 1.29 is 18.1 Å². The summed E-state index contributed by atoms with van der Waals surface area (Å²) in [5, 5.41) is 19.4. The van der Waals surface area contributed by atoms with E-state index in [0.29, 0.717) is 9.88 Å². The summed E-state index contributed by atoms with van der Waals surface area (Å²) < 4.78 is 25.4. The van der Waals surface area contributed by atoms with Gasteiger partial charge in [0.05, 0.1) is 28.1 Å².